The maximum atomic E-state index is 10.6. The zero-order valence-corrected chi connectivity index (χ0v) is 9.90. The van der Waals surface area contributed by atoms with Crippen LogP contribution in [0.3, 0.4) is 0 Å². The summed E-state index contributed by atoms with van der Waals surface area (Å²) in [6.07, 6.45) is 1.68. The molecule has 0 spiro atoms. The molecule has 0 aromatic carbocycles. The lowest BCUT2D eigenvalue weighted by Crippen LogP contribution is -2.25. The van der Waals surface area contributed by atoms with Crippen molar-refractivity contribution in [2.75, 3.05) is 7.05 Å². The Hall–Kier alpha value is -1.62. The highest BCUT2D eigenvalue weighted by atomic mass is 35.5. The predicted molar refractivity (Wildman–Crippen MR) is 63.4 cm³/mol. The van der Waals surface area contributed by atoms with Crippen molar-refractivity contribution in [3.8, 4) is 0 Å². The van der Waals surface area contributed by atoms with Crippen molar-refractivity contribution in [1.82, 2.24) is 9.88 Å². The summed E-state index contributed by atoms with van der Waals surface area (Å²) < 4.78 is 0. The number of carbonyl (C=O) groups is 1. The van der Waals surface area contributed by atoms with Gasteiger partial charge in [0.15, 0.2) is 0 Å². The van der Waals surface area contributed by atoms with Gasteiger partial charge in [-0.05, 0) is 18.6 Å². The molecular weight excluding hydrogens is 228 g/mol. The number of hydrogen-bond donors (Lipinski definition) is 1. The van der Waals surface area contributed by atoms with Gasteiger partial charge in [0.2, 0.25) is 0 Å². The highest BCUT2D eigenvalue weighted by molar-refractivity contribution is 6.29. The number of amidine groups is 1. The predicted octanol–water partition coefficient (Wildman–Crippen LogP) is 1.66. The fourth-order valence-electron chi connectivity index (χ4n) is 1.13. The topological polar surface area (TPSA) is 71.6 Å². The van der Waals surface area contributed by atoms with Crippen LogP contribution in [0.2, 0.25) is 5.15 Å². The lowest BCUT2D eigenvalue weighted by atomic mass is 10.3. The molecule has 2 N–H and O–H groups in total. The van der Waals surface area contributed by atoms with Crippen LogP contribution in [0.5, 0.6) is 0 Å². The second kappa shape index (κ2) is 5.46. The zero-order chi connectivity index (χ0) is 12.1. The van der Waals surface area contributed by atoms with Gasteiger partial charge in [-0.1, -0.05) is 17.7 Å². The first-order valence-electron chi connectivity index (χ1n) is 4.65. The number of aliphatic imine (C=N–C) groups is 1. The smallest absolute Gasteiger partial charge is 0.339 e. The van der Waals surface area contributed by atoms with Crippen molar-refractivity contribution >= 4 is 23.5 Å². The highest BCUT2D eigenvalue weighted by Crippen LogP contribution is 2.07. The van der Waals surface area contributed by atoms with Gasteiger partial charge in [0.1, 0.15) is 11.0 Å². The highest BCUT2D eigenvalue weighted by Gasteiger charge is 2.03. The first-order valence-corrected chi connectivity index (χ1v) is 5.03. The van der Waals surface area contributed by atoms with Crippen LogP contribution in [-0.2, 0) is 6.54 Å². The van der Waals surface area contributed by atoms with Crippen molar-refractivity contribution in [2.45, 2.75) is 13.5 Å². The molecule has 0 aliphatic rings. The average Bonchev–Trinajstić information content (AvgIpc) is 2.20. The zero-order valence-electron chi connectivity index (χ0n) is 9.14. The summed E-state index contributed by atoms with van der Waals surface area (Å²) in [5.41, 5.74) is 5.94. The molecule has 0 bridgehead atoms. The van der Waals surface area contributed by atoms with Gasteiger partial charge in [-0.15, -0.1) is 0 Å². The summed E-state index contributed by atoms with van der Waals surface area (Å²) in [5.74, 6) is 0.558. The molecule has 1 rings (SSSR count). The van der Waals surface area contributed by atoms with Crippen LogP contribution in [0.4, 0.5) is 4.79 Å². The van der Waals surface area contributed by atoms with Crippen LogP contribution in [0.15, 0.2) is 23.3 Å². The SMILES string of the molecule is C/C(=N\C(N)=O)N(C)Cc1ccc(Cl)nc1. The van der Waals surface area contributed by atoms with Gasteiger partial charge in [0.05, 0.1) is 0 Å². The van der Waals surface area contributed by atoms with Crippen molar-refractivity contribution in [1.29, 1.82) is 0 Å². The third-order valence-corrected chi connectivity index (χ3v) is 2.26. The van der Waals surface area contributed by atoms with Crippen molar-refractivity contribution in [3.63, 3.8) is 0 Å². The summed E-state index contributed by atoms with van der Waals surface area (Å²) in [7, 11) is 1.82. The van der Waals surface area contributed by atoms with Crippen LogP contribution in [-0.4, -0.2) is 28.8 Å². The number of halogens is 1. The first-order chi connectivity index (χ1) is 7.49. The molecule has 1 aromatic rings. The molecule has 1 aromatic heterocycles. The third kappa shape index (κ3) is 3.86. The first kappa shape index (κ1) is 12.4. The van der Waals surface area contributed by atoms with Crippen molar-refractivity contribution < 1.29 is 4.79 Å². The van der Waals surface area contributed by atoms with E-state index in [2.05, 4.69) is 9.98 Å². The molecule has 0 saturated heterocycles. The molecule has 0 aliphatic heterocycles. The Bertz CT molecular complexity index is 402. The Morgan fingerprint density at radius 2 is 2.31 bits per heavy atom. The fraction of sp³-hybridized carbons (Fsp3) is 0.300. The van der Waals surface area contributed by atoms with Gasteiger partial charge in [-0.3, -0.25) is 0 Å². The van der Waals surface area contributed by atoms with Crippen LogP contribution >= 0.6 is 11.6 Å². The number of pyridine rings is 1. The summed E-state index contributed by atoms with van der Waals surface area (Å²) in [6.45, 7) is 2.31. The maximum Gasteiger partial charge on any atom is 0.339 e. The normalized spacial score (nSPS) is 11.3. The van der Waals surface area contributed by atoms with E-state index in [1.807, 2.05) is 13.1 Å². The summed E-state index contributed by atoms with van der Waals surface area (Å²) >= 11 is 5.67. The third-order valence-electron chi connectivity index (χ3n) is 2.03. The fourth-order valence-corrected chi connectivity index (χ4v) is 1.24. The monoisotopic (exact) mass is 240 g/mol. The van der Waals surface area contributed by atoms with Crippen LogP contribution < -0.4 is 5.73 Å². The molecule has 2 amide bonds. The summed E-state index contributed by atoms with van der Waals surface area (Å²) in [4.78, 5) is 20.0. The number of rotatable bonds is 2. The molecule has 0 fully saturated rings. The van der Waals surface area contributed by atoms with Gasteiger partial charge in [-0.25, -0.2) is 9.78 Å². The number of aromatic nitrogens is 1. The van der Waals surface area contributed by atoms with E-state index in [1.54, 1.807) is 24.1 Å². The number of nitrogens with zero attached hydrogens (tertiary/aromatic N) is 3. The Labute approximate surface area is 98.9 Å². The van der Waals surface area contributed by atoms with Gasteiger partial charge < -0.3 is 10.6 Å². The van der Waals surface area contributed by atoms with Crippen LogP contribution in [0.1, 0.15) is 12.5 Å². The number of hydrogen-bond acceptors (Lipinski definition) is 2. The minimum Gasteiger partial charge on any atom is -0.359 e. The molecule has 6 heteroatoms. The number of primary amides is 1. The molecule has 0 saturated carbocycles. The van der Waals surface area contributed by atoms with Crippen molar-refractivity contribution in [2.24, 2.45) is 10.7 Å². The number of nitrogens with two attached hydrogens (primary N) is 1. The van der Waals surface area contributed by atoms with Gasteiger partial charge in [0.25, 0.3) is 0 Å². The van der Waals surface area contributed by atoms with E-state index in [-0.39, 0.29) is 0 Å². The Morgan fingerprint density at radius 1 is 1.62 bits per heavy atom. The average molecular weight is 241 g/mol. The molecule has 86 valence electrons. The van der Waals surface area contributed by atoms with Gasteiger partial charge in [0, 0.05) is 19.8 Å². The lowest BCUT2D eigenvalue weighted by Gasteiger charge is -2.17. The Kier molecular flexibility index (Phi) is 4.25. The Balaban J connectivity index is 2.67. The van der Waals surface area contributed by atoms with Gasteiger partial charge in [-0.2, -0.15) is 4.99 Å². The van der Waals surface area contributed by atoms with E-state index in [0.717, 1.165) is 5.56 Å². The van der Waals surface area contributed by atoms with E-state index < -0.39 is 6.03 Å². The quantitative estimate of drug-likeness (QED) is 0.486. The lowest BCUT2D eigenvalue weighted by molar-refractivity contribution is 0.256. The van der Waals surface area contributed by atoms with Crippen LogP contribution in [0.25, 0.3) is 0 Å². The minimum atomic E-state index is -0.696. The molecule has 16 heavy (non-hydrogen) atoms. The van der Waals surface area contributed by atoms with E-state index >= 15 is 0 Å². The van der Waals surface area contributed by atoms with Crippen molar-refractivity contribution in [3.05, 3.63) is 29.0 Å². The summed E-state index contributed by atoms with van der Waals surface area (Å²) in [5, 5.41) is 0.453. The molecule has 0 aliphatic carbocycles. The number of amides is 2. The van der Waals surface area contributed by atoms with E-state index in [0.29, 0.717) is 17.5 Å². The maximum absolute atomic E-state index is 10.6. The van der Waals surface area contributed by atoms with E-state index in [9.17, 15) is 4.79 Å². The largest absolute Gasteiger partial charge is 0.359 e. The number of carbonyl (C=O) groups excluding carboxylic acids is 1. The van der Waals surface area contributed by atoms with Gasteiger partial charge >= 0.3 is 6.03 Å². The van der Waals surface area contributed by atoms with Crippen LogP contribution in [0, 0.1) is 0 Å². The standard InChI is InChI=1S/C10H13ClN4O/c1-7(14-10(12)16)15(2)6-8-3-4-9(11)13-5-8/h3-5H,6H2,1-2H3,(H2,12,16)/b14-7+. The molecule has 0 radical (unpaired) electrons. The second-order valence-electron chi connectivity index (χ2n) is 3.34. The minimum absolute atomic E-state index is 0.453. The molecule has 5 nitrogen and oxygen atoms in total. The Morgan fingerprint density at radius 3 is 2.81 bits per heavy atom. The van der Waals surface area contributed by atoms with E-state index in [1.165, 1.54) is 0 Å². The molecule has 0 unspecified atom stereocenters. The molecular formula is C10H13ClN4O. The second-order valence-corrected chi connectivity index (χ2v) is 3.73. The van der Waals surface area contributed by atoms with E-state index in [4.69, 9.17) is 17.3 Å². The molecule has 0 atom stereocenters. The number of urea groups is 1. The molecule has 1 heterocycles. The summed E-state index contributed by atoms with van der Waals surface area (Å²) in [6, 6.07) is 2.88.